The molecule has 3 aromatic rings. The molecular formula is C27H35N3O2S. The molecule has 0 amide bonds. The number of nitrogens with zero attached hydrogens (tertiary/aromatic N) is 1. The number of para-hydroxylation sites is 2. The Morgan fingerprint density at radius 1 is 1.06 bits per heavy atom. The van der Waals surface area contributed by atoms with Crippen LogP contribution < -0.4 is 15.4 Å². The van der Waals surface area contributed by atoms with Crippen molar-refractivity contribution in [2.45, 2.75) is 31.3 Å². The number of rotatable bonds is 11. The molecule has 1 aliphatic rings. The van der Waals surface area contributed by atoms with E-state index >= 15 is 0 Å². The summed E-state index contributed by atoms with van der Waals surface area (Å²) in [5, 5.41) is 18.7. The third-order valence-electron chi connectivity index (χ3n) is 6.35. The van der Waals surface area contributed by atoms with Crippen LogP contribution in [0.2, 0.25) is 0 Å². The van der Waals surface area contributed by atoms with E-state index in [9.17, 15) is 5.11 Å². The number of nitrogens with one attached hydrogen (secondary N) is 2. The van der Waals surface area contributed by atoms with Crippen molar-refractivity contribution in [3.05, 3.63) is 76.5 Å². The number of piperidine rings is 1. The van der Waals surface area contributed by atoms with Crippen LogP contribution in [0.4, 0.5) is 5.69 Å². The summed E-state index contributed by atoms with van der Waals surface area (Å²) in [6.07, 6.45) is 3.25. The predicted octanol–water partition coefficient (Wildman–Crippen LogP) is 5.47. The number of thiophene rings is 1. The average Bonchev–Trinajstić information content (AvgIpc) is 3.38. The van der Waals surface area contributed by atoms with Gasteiger partial charge in [-0.15, -0.1) is 11.3 Å². The van der Waals surface area contributed by atoms with Gasteiger partial charge in [-0.1, -0.05) is 30.3 Å². The van der Waals surface area contributed by atoms with E-state index < -0.39 is 0 Å². The Morgan fingerprint density at radius 2 is 1.91 bits per heavy atom. The second-order valence-electron chi connectivity index (χ2n) is 8.65. The number of aromatic hydroxyl groups is 1. The molecule has 0 spiro atoms. The molecule has 1 aliphatic heterocycles. The van der Waals surface area contributed by atoms with Crippen LogP contribution in [-0.4, -0.2) is 49.8 Å². The Balaban J connectivity index is 1.28. The molecule has 2 aromatic carbocycles. The number of anilines is 1. The summed E-state index contributed by atoms with van der Waals surface area (Å²) in [6.45, 7) is 4.98. The summed E-state index contributed by atoms with van der Waals surface area (Å²) in [7, 11) is 1.98. The molecule has 0 radical (unpaired) electrons. The summed E-state index contributed by atoms with van der Waals surface area (Å²) in [6, 6.07) is 20.2. The Kier molecular flexibility index (Phi) is 8.64. The van der Waals surface area contributed by atoms with Gasteiger partial charge >= 0.3 is 0 Å². The fourth-order valence-corrected chi connectivity index (χ4v) is 5.28. The molecule has 4 rings (SSSR count). The molecule has 1 aromatic heterocycles. The largest absolute Gasteiger partial charge is 0.508 e. The maximum absolute atomic E-state index is 9.76. The number of benzene rings is 2. The van der Waals surface area contributed by atoms with Crippen molar-refractivity contribution in [3.63, 3.8) is 0 Å². The molecule has 5 nitrogen and oxygen atoms in total. The minimum Gasteiger partial charge on any atom is -0.508 e. The molecule has 1 saturated heterocycles. The van der Waals surface area contributed by atoms with E-state index in [0.717, 1.165) is 63.4 Å². The van der Waals surface area contributed by atoms with Crippen LogP contribution in [-0.2, 0) is 0 Å². The second kappa shape index (κ2) is 12.1. The molecule has 1 unspecified atom stereocenters. The summed E-state index contributed by atoms with van der Waals surface area (Å²) < 4.78 is 6.48. The van der Waals surface area contributed by atoms with E-state index in [0.29, 0.717) is 11.7 Å². The van der Waals surface area contributed by atoms with Crippen LogP contribution in [0.5, 0.6) is 11.5 Å². The highest BCUT2D eigenvalue weighted by Gasteiger charge is 2.21. The first kappa shape index (κ1) is 23.6. The molecule has 176 valence electrons. The van der Waals surface area contributed by atoms with Crippen LogP contribution in [0.3, 0.4) is 0 Å². The Bertz CT molecular complexity index is 971. The normalized spacial score (nSPS) is 15.9. The monoisotopic (exact) mass is 465 g/mol. The van der Waals surface area contributed by atoms with Gasteiger partial charge < -0.3 is 25.4 Å². The lowest BCUT2D eigenvalue weighted by molar-refractivity contribution is 0.199. The van der Waals surface area contributed by atoms with Gasteiger partial charge in [0.25, 0.3) is 0 Å². The molecular weight excluding hydrogens is 430 g/mol. The lowest BCUT2D eigenvalue weighted by Crippen LogP contribution is -2.36. The van der Waals surface area contributed by atoms with E-state index in [1.54, 1.807) is 17.4 Å². The first-order chi connectivity index (χ1) is 16.2. The van der Waals surface area contributed by atoms with Crippen molar-refractivity contribution in [3.8, 4) is 11.5 Å². The lowest BCUT2D eigenvalue weighted by atomic mass is 9.89. The SMILES string of the molecule is CNCCC(Oc1ccccc1NCCN1CCC(c2cccc(O)c2)CC1)c1cccs1. The zero-order chi connectivity index (χ0) is 22.9. The zero-order valence-electron chi connectivity index (χ0n) is 19.4. The quantitative estimate of drug-likeness (QED) is 0.350. The molecule has 1 fully saturated rings. The molecule has 0 bridgehead atoms. The Labute approximate surface area is 201 Å². The summed E-state index contributed by atoms with van der Waals surface area (Å²) in [4.78, 5) is 3.78. The number of likely N-dealkylation sites (tertiary alicyclic amines) is 1. The van der Waals surface area contributed by atoms with Crippen LogP contribution in [0.1, 0.15) is 41.7 Å². The zero-order valence-corrected chi connectivity index (χ0v) is 20.2. The van der Waals surface area contributed by atoms with E-state index in [1.165, 1.54) is 10.4 Å². The van der Waals surface area contributed by atoms with Gasteiger partial charge in [-0.25, -0.2) is 0 Å². The molecule has 0 aliphatic carbocycles. The number of ether oxygens (including phenoxy) is 1. The van der Waals surface area contributed by atoms with Crippen molar-refractivity contribution in [2.24, 2.45) is 0 Å². The van der Waals surface area contributed by atoms with Crippen molar-refractivity contribution in [2.75, 3.05) is 45.1 Å². The minimum absolute atomic E-state index is 0.0526. The van der Waals surface area contributed by atoms with Crippen LogP contribution in [0.15, 0.2) is 66.0 Å². The summed E-state index contributed by atoms with van der Waals surface area (Å²) in [5.41, 5.74) is 2.32. The highest BCUT2D eigenvalue weighted by Crippen LogP contribution is 2.33. The van der Waals surface area contributed by atoms with Gasteiger partial charge in [0.15, 0.2) is 0 Å². The fourth-order valence-electron chi connectivity index (χ4n) is 4.50. The van der Waals surface area contributed by atoms with Gasteiger partial charge in [-0.2, -0.15) is 0 Å². The van der Waals surface area contributed by atoms with Crippen molar-refractivity contribution in [1.29, 1.82) is 0 Å². The van der Waals surface area contributed by atoms with Crippen LogP contribution >= 0.6 is 11.3 Å². The third-order valence-corrected chi connectivity index (χ3v) is 7.31. The Morgan fingerprint density at radius 3 is 2.67 bits per heavy atom. The van der Waals surface area contributed by atoms with E-state index in [4.69, 9.17) is 4.74 Å². The summed E-state index contributed by atoms with van der Waals surface area (Å²) in [5.74, 6) is 1.82. The topological polar surface area (TPSA) is 56.8 Å². The van der Waals surface area contributed by atoms with Gasteiger partial charge in [-0.05, 0) is 86.7 Å². The smallest absolute Gasteiger partial charge is 0.143 e. The van der Waals surface area contributed by atoms with Gasteiger partial charge in [0.2, 0.25) is 0 Å². The van der Waals surface area contributed by atoms with Gasteiger partial charge in [0.1, 0.15) is 17.6 Å². The van der Waals surface area contributed by atoms with Crippen molar-refractivity contribution in [1.82, 2.24) is 10.2 Å². The van der Waals surface area contributed by atoms with Crippen molar-refractivity contribution < 1.29 is 9.84 Å². The first-order valence-electron chi connectivity index (χ1n) is 11.9. The molecule has 2 heterocycles. The molecule has 33 heavy (non-hydrogen) atoms. The number of hydrogen-bond donors (Lipinski definition) is 3. The predicted molar refractivity (Wildman–Crippen MR) is 138 cm³/mol. The highest BCUT2D eigenvalue weighted by atomic mass is 32.1. The lowest BCUT2D eigenvalue weighted by Gasteiger charge is -2.32. The maximum Gasteiger partial charge on any atom is 0.143 e. The fraction of sp³-hybridized carbons (Fsp3) is 0.407. The molecule has 3 N–H and O–H groups in total. The second-order valence-corrected chi connectivity index (χ2v) is 9.63. The maximum atomic E-state index is 9.76. The number of phenolic OH excluding ortho intramolecular Hbond substituents is 1. The first-order valence-corrected chi connectivity index (χ1v) is 12.8. The van der Waals surface area contributed by atoms with Crippen LogP contribution in [0, 0.1) is 0 Å². The number of hydrogen-bond acceptors (Lipinski definition) is 6. The molecule has 1 atom stereocenters. The standard InChI is InChI=1S/C27H35N3O2S/c1-28-14-11-26(27-10-5-19-33-27)32-25-9-3-2-8-24(25)29-15-18-30-16-12-21(13-17-30)22-6-4-7-23(31)20-22/h2-10,19-21,26,28-29,31H,11-18H2,1H3. The van der Waals surface area contributed by atoms with Gasteiger partial charge in [-0.3, -0.25) is 0 Å². The third kappa shape index (κ3) is 6.73. The minimum atomic E-state index is 0.0526. The van der Waals surface area contributed by atoms with E-state index in [-0.39, 0.29) is 6.10 Å². The van der Waals surface area contributed by atoms with Gasteiger partial charge in [0.05, 0.1) is 5.69 Å². The number of phenols is 1. The highest BCUT2D eigenvalue weighted by molar-refractivity contribution is 7.10. The van der Waals surface area contributed by atoms with Crippen molar-refractivity contribution >= 4 is 17.0 Å². The van der Waals surface area contributed by atoms with Crippen LogP contribution in [0.25, 0.3) is 0 Å². The molecule has 0 saturated carbocycles. The van der Waals surface area contributed by atoms with Gasteiger partial charge in [0, 0.05) is 24.4 Å². The van der Waals surface area contributed by atoms with E-state index in [1.807, 2.05) is 25.2 Å². The molecule has 6 heteroatoms. The average molecular weight is 466 g/mol. The van der Waals surface area contributed by atoms with E-state index in [2.05, 4.69) is 57.3 Å². The summed E-state index contributed by atoms with van der Waals surface area (Å²) >= 11 is 1.75. The Hall–Kier alpha value is -2.54.